The molecule has 1 aliphatic rings. The molecule has 3 nitrogen and oxygen atoms in total. The smallest absolute Gasteiger partial charge is 0.0426 e. The summed E-state index contributed by atoms with van der Waals surface area (Å²) < 4.78 is 0. The number of likely N-dealkylation sites (N-methyl/N-ethyl adjacent to an activating group) is 2. The van der Waals surface area contributed by atoms with Crippen LogP contribution in [0.1, 0.15) is 31.7 Å². The third-order valence-electron chi connectivity index (χ3n) is 4.76. The van der Waals surface area contributed by atoms with Gasteiger partial charge in [-0.15, -0.1) is 0 Å². The molecule has 0 amide bonds. The topological polar surface area (TPSA) is 32.5 Å². The van der Waals surface area contributed by atoms with Gasteiger partial charge < -0.3 is 15.5 Å². The number of rotatable bonds is 6. The zero-order chi connectivity index (χ0) is 15.6. The highest BCUT2D eigenvalue weighted by Crippen LogP contribution is 2.38. The molecule has 2 rings (SSSR count). The predicted molar refractivity (Wildman–Crippen MR) is 92.3 cm³/mol. The van der Waals surface area contributed by atoms with Crippen LogP contribution in [0.2, 0.25) is 5.02 Å². The minimum Gasteiger partial charge on any atom is -0.372 e. The van der Waals surface area contributed by atoms with E-state index in [0.29, 0.717) is 5.54 Å². The fourth-order valence-corrected chi connectivity index (χ4v) is 3.44. The van der Waals surface area contributed by atoms with Crippen molar-refractivity contribution >= 4 is 17.3 Å². The van der Waals surface area contributed by atoms with Crippen LogP contribution in [0.25, 0.3) is 0 Å². The van der Waals surface area contributed by atoms with Gasteiger partial charge >= 0.3 is 0 Å². The monoisotopic (exact) mass is 309 g/mol. The molecule has 0 aliphatic heterocycles. The molecule has 0 bridgehead atoms. The van der Waals surface area contributed by atoms with Crippen molar-refractivity contribution in [2.75, 3.05) is 32.6 Å². The summed E-state index contributed by atoms with van der Waals surface area (Å²) in [5.74, 6) is 0. The van der Waals surface area contributed by atoms with Gasteiger partial charge in [-0.2, -0.15) is 0 Å². The first-order valence-electron chi connectivity index (χ1n) is 7.77. The second-order valence-electron chi connectivity index (χ2n) is 6.78. The molecule has 0 saturated heterocycles. The third kappa shape index (κ3) is 3.71. The fourth-order valence-electron chi connectivity index (χ4n) is 3.27. The first-order chi connectivity index (χ1) is 9.84. The van der Waals surface area contributed by atoms with Crippen LogP contribution in [0.3, 0.4) is 0 Å². The first kappa shape index (κ1) is 16.6. The van der Waals surface area contributed by atoms with E-state index in [0.717, 1.165) is 18.0 Å². The highest BCUT2D eigenvalue weighted by atomic mass is 35.5. The van der Waals surface area contributed by atoms with Crippen LogP contribution in [0.4, 0.5) is 5.69 Å². The number of halogens is 1. The predicted octanol–water partition coefficient (Wildman–Crippen LogP) is 3.15. The van der Waals surface area contributed by atoms with Gasteiger partial charge in [-0.1, -0.05) is 17.7 Å². The molecule has 4 heteroatoms. The molecule has 1 aromatic carbocycles. The summed E-state index contributed by atoms with van der Waals surface area (Å²) in [5.41, 5.74) is 8.79. The van der Waals surface area contributed by atoms with Crippen molar-refractivity contribution in [3.8, 4) is 0 Å². The van der Waals surface area contributed by atoms with Gasteiger partial charge in [0.1, 0.15) is 0 Å². The summed E-state index contributed by atoms with van der Waals surface area (Å²) in [6, 6.07) is 6.30. The van der Waals surface area contributed by atoms with Crippen LogP contribution >= 0.6 is 11.6 Å². The minimum absolute atomic E-state index is 0.157. The van der Waals surface area contributed by atoms with Crippen molar-refractivity contribution < 1.29 is 0 Å². The molecule has 0 spiro atoms. The maximum absolute atomic E-state index is 6.21. The Bertz CT molecular complexity index is 481. The Morgan fingerprint density at radius 1 is 1.29 bits per heavy atom. The van der Waals surface area contributed by atoms with E-state index in [1.807, 2.05) is 13.0 Å². The summed E-state index contributed by atoms with van der Waals surface area (Å²) >= 11 is 6.21. The second-order valence-corrected chi connectivity index (χ2v) is 7.22. The van der Waals surface area contributed by atoms with Crippen LogP contribution < -0.4 is 10.6 Å². The van der Waals surface area contributed by atoms with Crippen molar-refractivity contribution in [2.45, 2.75) is 44.2 Å². The molecule has 0 aromatic heterocycles. The highest BCUT2D eigenvalue weighted by molar-refractivity contribution is 6.30. The van der Waals surface area contributed by atoms with Gasteiger partial charge in [-0.05, 0) is 64.4 Å². The average molecular weight is 310 g/mol. The third-order valence-corrected chi connectivity index (χ3v) is 5.00. The standard InChI is InChI=1S/C17H28ClN3/c1-13(19)10-14-6-7-15(18)11-16(14)21(4)12-17(20(2)3)8-5-9-17/h6-7,11,13H,5,8-10,12,19H2,1-4H3. The normalized spacial score (nSPS) is 18.4. The van der Waals surface area contributed by atoms with Crippen molar-refractivity contribution in [3.63, 3.8) is 0 Å². The molecule has 1 fully saturated rings. The SMILES string of the molecule is CC(N)Cc1ccc(Cl)cc1N(C)CC1(N(C)C)CCC1. The molecular formula is C17H28ClN3. The van der Waals surface area contributed by atoms with E-state index in [2.05, 4.69) is 43.1 Å². The number of benzene rings is 1. The molecular weight excluding hydrogens is 282 g/mol. The Morgan fingerprint density at radius 3 is 2.43 bits per heavy atom. The van der Waals surface area contributed by atoms with E-state index in [1.54, 1.807) is 0 Å². The molecule has 118 valence electrons. The zero-order valence-corrected chi connectivity index (χ0v) is 14.5. The Labute approximate surface area is 134 Å². The van der Waals surface area contributed by atoms with Crippen LogP contribution in [0, 0.1) is 0 Å². The van der Waals surface area contributed by atoms with Gasteiger partial charge in [0, 0.05) is 35.9 Å². The lowest BCUT2D eigenvalue weighted by molar-refractivity contribution is 0.0683. The number of anilines is 1. The van der Waals surface area contributed by atoms with Crippen molar-refractivity contribution in [1.29, 1.82) is 0 Å². The summed E-state index contributed by atoms with van der Waals surface area (Å²) in [6.45, 7) is 3.08. The number of hydrogen-bond acceptors (Lipinski definition) is 3. The van der Waals surface area contributed by atoms with E-state index in [9.17, 15) is 0 Å². The largest absolute Gasteiger partial charge is 0.372 e. The molecule has 1 saturated carbocycles. The van der Waals surface area contributed by atoms with Crippen molar-refractivity contribution in [3.05, 3.63) is 28.8 Å². The lowest BCUT2D eigenvalue weighted by atomic mass is 9.75. The van der Waals surface area contributed by atoms with Gasteiger partial charge in [0.2, 0.25) is 0 Å². The quantitative estimate of drug-likeness (QED) is 0.876. The van der Waals surface area contributed by atoms with Gasteiger partial charge in [0.05, 0.1) is 0 Å². The minimum atomic E-state index is 0.157. The summed E-state index contributed by atoms with van der Waals surface area (Å²) in [4.78, 5) is 4.73. The van der Waals surface area contributed by atoms with Gasteiger partial charge in [-0.3, -0.25) is 0 Å². The lowest BCUT2D eigenvalue weighted by Gasteiger charge is -2.49. The molecule has 1 unspecified atom stereocenters. The Balaban J connectivity index is 2.21. The van der Waals surface area contributed by atoms with Crippen LogP contribution in [-0.2, 0) is 6.42 Å². The molecule has 0 heterocycles. The first-order valence-corrected chi connectivity index (χ1v) is 8.14. The van der Waals surface area contributed by atoms with Crippen molar-refractivity contribution in [1.82, 2.24) is 4.90 Å². The zero-order valence-electron chi connectivity index (χ0n) is 13.7. The van der Waals surface area contributed by atoms with Crippen molar-refractivity contribution in [2.24, 2.45) is 5.73 Å². The molecule has 0 radical (unpaired) electrons. The Kier molecular flexibility index (Phi) is 5.18. The molecule has 1 aromatic rings. The maximum Gasteiger partial charge on any atom is 0.0426 e. The van der Waals surface area contributed by atoms with E-state index in [-0.39, 0.29) is 6.04 Å². The number of nitrogens with two attached hydrogens (primary N) is 1. The maximum atomic E-state index is 6.21. The average Bonchev–Trinajstić information content (AvgIpc) is 2.34. The highest BCUT2D eigenvalue weighted by Gasteiger charge is 2.40. The van der Waals surface area contributed by atoms with E-state index in [4.69, 9.17) is 17.3 Å². The summed E-state index contributed by atoms with van der Waals surface area (Å²) in [5, 5.41) is 0.790. The molecule has 2 N–H and O–H groups in total. The molecule has 1 aliphatic carbocycles. The molecule has 1 atom stereocenters. The Hall–Kier alpha value is -0.770. The van der Waals surface area contributed by atoms with E-state index in [1.165, 1.54) is 30.5 Å². The van der Waals surface area contributed by atoms with Crippen LogP contribution in [0.15, 0.2) is 18.2 Å². The van der Waals surface area contributed by atoms with Gasteiger partial charge in [0.15, 0.2) is 0 Å². The summed E-state index contributed by atoms with van der Waals surface area (Å²) in [6.07, 6.45) is 4.75. The summed E-state index contributed by atoms with van der Waals surface area (Å²) in [7, 11) is 6.54. The van der Waals surface area contributed by atoms with E-state index < -0.39 is 0 Å². The number of hydrogen-bond donors (Lipinski definition) is 1. The number of nitrogens with zero attached hydrogens (tertiary/aromatic N) is 2. The van der Waals surface area contributed by atoms with Crippen LogP contribution in [0.5, 0.6) is 0 Å². The van der Waals surface area contributed by atoms with Crippen LogP contribution in [-0.4, -0.2) is 44.2 Å². The Morgan fingerprint density at radius 2 is 1.95 bits per heavy atom. The fraction of sp³-hybridized carbons (Fsp3) is 0.647. The molecule has 21 heavy (non-hydrogen) atoms. The second kappa shape index (κ2) is 6.55. The van der Waals surface area contributed by atoms with E-state index >= 15 is 0 Å². The van der Waals surface area contributed by atoms with Gasteiger partial charge in [0.25, 0.3) is 0 Å². The lowest BCUT2D eigenvalue weighted by Crippen LogP contribution is -2.56. The van der Waals surface area contributed by atoms with Gasteiger partial charge in [-0.25, -0.2) is 0 Å².